The largest absolute Gasteiger partial charge is 0.322 e. The molecule has 1 aliphatic heterocycles. The first kappa shape index (κ1) is 13.3. The molecule has 0 bridgehead atoms. The van der Waals surface area contributed by atoms with Crippen LogP contribution in [0.25, 0.3) is 0 Å². The highest BCUT2D eigenvalue weighted by molar-refractivity contribution is 7.12. The number of amides is 3. The Morgan fingerprint density at radius 2 is 2.20 bits per heavy atom. The predicted octanol–water partition coefficient (Wildman–Crippen LogP) is 1.33. The van der Waals surface area contributed by atoms with Gasteiger partial charge in [0.2, 0.25) is 11.8 Å². The lowest BCUT2D eigenvalue weighted by Crippen LogP contribution is -2.45. The molecule has 106 valence electrons. The van der Waals surface area contributed by atoms with E-state index < -0.39 is 6.04 Å². The maximum absolute atomic E-state index is 12.8. The Balaban J connectivity index is 1.89. The lowest BCUT2D eigenvalue weighted by atomic mass is 10.1. The van der Waals surface area contributed by atoms with Gasteiger partial charge in [-0.2, -0.15) is 0 Å². The zero-order valence-electron chi connectivity index (χ0n) is 11.2. The van der Waals surface area contributed by atoms with Crippen molar-refractivity contribution in [2.24, 2.45) is 0 Å². The minimum atomic E-state index is -0.630. The Bertz CT molecular complexity index is 577. The lowest BCUT2D eigenvalue weighted by molar-refractivity contribution is -0.126. The highest BCUT2D eigenvalue weighted by Gasteiger charge is 2.45. The van der Waals surface area contributed by atoms with Crippen molar-refractivity contribution in [3.8, 4) is 0 Å². The number of hydrogen-bond acceptors (Lipinski definition) is 4. The maximum Gasteiger partial charge on any atom is 0.265 e. The number of nitrogens with zero attached hydrogens (tertiary/aromatic N) is 1. The molecular formula is C14H16N2O3S. The van der Waals surface area contributed by atoms with Gasteiger partial charge in [0.15, 0.2) is 0 Å². The molecule has 2 heterocycles. The molecule has 1 aliphatic carbocycles. The number of carbonyl (C=O) groups is 3. The van der Waals surface area contributed by atoms with Gasteiger partial charge in [-0.3, -0.25) is 19.7 Å². The van der Waals surface area contributed by atoms with Crippen LogP contribution in [0.15, 0.2) is 11.4 Å². The van der Waals surface area contributed by atoms with Crippen LogP contribution in [0.5, 0.6) is 0 Å². The molecule has 0 aromatic carbocycles. The minimum Gasteiger partial charge on any atom is -0.322 e. The van der Waals surface area contributed by atoms with Crippen molar-refractivity contribution >= 4 is 29.1 Å². The smallest absolute Gasteiger partial charge is 0.265 e. The molecule has 1 aromatic rings. The summed E-state index contributed by atoms with van der Waals surface area (Å²) in [7, 11) is 0. The molecule has 20 heavy (non-hydrogen) atoms. The third-order valence-electron chi connectivity index (χ3n) is 3.78. The van der Waals surface area contributed by atoms with E-state index >= 15 is 0 Å². The number of thiophene rings is 1. The Morgan fingerprint density at radius 1 is 1.45 bits per heavy atom. The second-order valence-corrected chi connectivity index (χ2v) is 6.12. The predicted molar refractivity (Wildman–Crippen MR) is 74.4 cm³/mol. The first-order valence-electron chi connectivity index (χ1n) is 6.84. The van der Waals surface area contributed by atoms with Crippen molar-refractivity contribution in [1.82, 2.24) is 10.2 Å². The maximum atomic E-state index is 12.8. The summed E-state index contributed by atoms with van der Waals surface area (Å²) in [5.41, 5.74) is 1.01. The number of imide groups is 1. The average Bonchev–Trinajstić information content (AvgIpc) is 3.02. The van der Waals surface area contributed by atoms with E-state index in [1.807, 2.05) is 18.4 Å². The topological polar surface area (TPSA) is 66.5 Å². The average molecular weight is 292 g/mol. The van der Waals surface area contributed by atoms with Gasteiger partial charge in [-0.05, 0) is 36.3 Å². The second kappa shape index (κ2) is 5.01. The summed E-state index contributed by atoms with van der Waals surface area (Å²) in [5, 5.41) is 4.19. The van der Waals surface area contributed by atoms with Crippen molar-refractivity contribution in [2.75, 3.05) is 0 Å². The van der Waals surface area contributed by atoms with Crippen LogP contribution in [0.4, 0.5) is 0 Å². The van der Waals surface area contributed by atoms with Crippen LogP contribution < -0.4 is 5.32 Å². The number of nitrogens with one attached hydrogen (secondary N) is 1. The number of rotatable bonds is 4. The van der Waals surface area contributed by atoms with E-state index in [0.717, 1.165) is 24.8 Å². The van der Waals surface area contributed by atoms with Crippen LogP contribution in [0.3, 0.4) is 0 Å². The van der Waals surface area contributed by atoms with E-state index in [1.54, 1.807) is 4.90 Å². The number of hydrogen-bond donors (Lipinski definition) is 1. The second-order valence-electron chi connectivity index (χ2n) is 5.20. The molecule has 3 amide bonds. The van der Waals surface area contributed by atoms with Crippen LogP contribution in [-0.4, -0.2) is 34.7 Å². The van der Waals surface area contributed by atoms with E-state index in [2.05, 4.69) is 5.32 Å². The third kappa shape index (κ3) is 2.24. The van der Waals surface area contributed by atoms with Gasteiger partial charge in [0.05, 0.1) is 11.3 Å². The lowest BCUT2D eigenvalue weighted by Gasteiger charge is -2.26. The van der Waals surface area contributed by atoms with Gasteiger partial charge in [-0.25, -0.2) is 0 Å². The first-order valence-corrected chi connectivity index (χ1v) is 7.72. The van der Waals surface area contributed by atoms with Crippen molar-refractivity contribution in [3.05, 3.63) is 21.9 Å². The van der Waals surface area contributed by atoms with E-state index in [1.165, 1.54) is 11.3 Å². The Hall–Kier alpha value is -1.69. The van der Waals surface area contributed by atoms with Gasteiger partial charge < -0.3 is 4.90 Å². The zero-order chi connectivity index (χ0) is 14.3. The van der Waals surface area contributed by atoms with E-state index in [-0.39, 0.29) is 30.2 Å². The number of carbonyl (C=O) groups excluding carboxylic acids is 3. The normalized spacial score (nSPS) is 21.9. The summed E-state index contributed by atoms with van der Waals surface area (Å²) in [6.07, 6.45) is 2.71. The van der Waals surface area contributed by atoms with E-state index in [0.29, 0.717) is 4.88 Å². The van der Waals surface area contributed by atoms with Crippen molar-refractivity contribution in [3.63, 3.8) is 0 Å². The summed E-state index contributed by atoms with van der Waals surface area (Å²) in [6, 6.07) is 1.42. The molecule has 1 saturated carbocycles. The summed E-state index contributed by atoms with van der Waals surface area (Å²) >= 11 is 1.41. The Labute approximate surface area is 121 Å². The van der Waals surface area contributed by atoms with Crippen molar-refractivity contribution in [2.45, 2.75) is 44.7 Å². The van der Waals surface area contributed by atoms with Gasteiger partial charge in [-0.15, -0.1) is 11.3 Å². The molecule has 2 aliphatic rings. The zero-order valence-corrected chi connectivity index (χ0v) is 12.0. The molecular weight excluding hydrogens is 276 g/mol. The third-order valence-corrected chi connectivity index (χ3v) is 4.72. The molecule has 1 saturated heterocycles. The molecule has 6 heteroatoms. The quantitative estimate of drug-likeness (QED) is 0.851. The van der Waals surface area contributed by atoms with Gasteiger partial charge in [0, 0.05) is 6.04 Å². The fourth-order valence-corrected chi connectivity index (χ4v) is 3.54. The Kier molecular flexibility index (Phi) is 3.33. The van der Waals surface area contributed by atoms with Gasteiger partial charge in [0.1, 0.15) is 6.04 Å². The van der Waals surface area contributed by atoms with Crippen LogP contribution in [0.1, 0.15) is 41.4 Å². The first-order chi connectivity index (χ1) is 9.61. The Morgan fingerprint density at radius 3 is 2.75 bits per heavy atom. The van der Waals surface area contributed by atoms with Crippen LogP contribution in [0, 0.1) is 0 Å². The molecule has 1 N–H and O–H groups in total. The standard InChI is InChI=1S/C14H16N2O3S/c1-2-8-5-6-20-12(8)14(19)16(9-3-4-9)10-7-11(17)15-13(10)18/h5-6,9-10H,2-4,7H2,1H3,(H,15,17,18)/t10-/m0/s1. The van der Waals surface area contributed by atoms with Crippen LogP contribution >= 0.6 is 11.3 Å². The summed E-state index contributed by atoms with van der Waals surface area (Å²) in [5.74, 6) is -0.737. The SMILES string of the molecule is CCc1ccsc1C(=O)N(C1CC1)[C@H]1CC(=O)NC1=O. The van der Waals surface area contributed by atoms with Gasteiger partial charge >= 0.3 is 0 Å². The molecule has 0 radical (unpaired) electrons. The van der Waals surface area contributed by atoms with E-state index in [4.69, 9.17) is 0 Å². The highest BCUT2D eigenvalue weighted by atomic mass is 32.1. The summed E-state index contributed by atoms with van der Waals surface area (Å²) < 4.78 is 0. The minimum absolute atomic E-state index is 0.0912. The fourth-order valence-electron chi connectivity index (χ4n) is 2.60. The molecule has 5 nitrogen and oxygen atoms in total. The number of aryl methyl sites for hydroxylation is 1. The monoisotopic (exact) mass is 292 g/mol. The van der Waals surface area contributed by atoms with Crippen molar-refractivity contribution in [1.29, 1.82) is 0 Å². The molecule has 0 spiro atoms. The van der Waals surface area contributed by atoms with Crippen LogP contribution in [-0.2, 0) is 16.0 Å². The molecule has 1 atom stereocenters. The van der Waals surface area contributed by atoms with Gasteiger partial charge in [0.25, 0.3) is 5.91 Å². The molecule has 3 rings (SSSR count). The molecule has 0 unspecified atom stereocenters. The van der Waals surface area contributed by atoms with Crippen LogP contribution in [0.2, 0.25) is 0 Å². The fraction of sp³-hybridized carbons (Fsp3) is 0.500. The summed E-state index contributed by atoms with van der Waals surface area (Å²) in [6.45, 7) is 2.01. The van der Waals surface area contributed by atoms with E-state index in [9.17, 15) is 14.4 Å². The molecule has 2 fully saturated rings. The van der Waals surface area contributed by atoms with Crippen molar-refractivity contribution < 1.29 is 14.4 Å². The molecule has 1 aromatic heterocycles. The highest BCUT2D eigenvalue weighted by Crippen LogP contribution is 2.33. The summed E-state index contributed by atoms with van der Waals surface area (Å²) in [4.78, 5) is 38.3. The van der Waals surface area contributed by atoms with Gasteiger partial charge in [-0.1, -0.05) is 6.92 Å².